The standard InChI is InChI=1S/C20H18N4O3/c25-20(24-12-15-1-2-18-19(9-15)27-13-26-18)17-10-16(5-8-22-17)23-11-14-3-6-21-7-4-14/h1-10H,11-13H2,(H,22,23)(H,24,25). The summed E-state index contributed by atoms with van der Waals surface area (Å²) in [6, 6.07) is 13.0. The first-order chi connectivity index (χ1) is 13.3. The highest BCUT2D eigenvalue weighted by atomic mass is 16.7. The third kappa shape index (κ3) is 4.14. The summed E-state index contributed by atoms with van der Waals surface area (Å²) in [6.07, 6.45) is 5.11. The van der Waals surface area contributed by atoms with Crippen LogP contribution < -0.4 is 20.1 Å². The van der Waals surface area contributed by atoms with E-state index in [1.165, 1.54) is 0 Å². The first-order valence-electron chi connectivity index (χ1n) is 8.53. The molecular formula is C20H18N4O3. The number of ether oxygens (including phenoxy) is 2. The number of hydrogen-bond donors (Lipinski definition) is 2. The summed E-state index contributed by atoms with van der Waals surface area (Å²) >= 11 is 0. The Kier molecular flexibility index (Phi) is 4.82. The zero-order valence-corrected chi connectivity index (χ0v) is 14.5. The molecule has 7 heteroatoms. The molecule has 4 rings (SSSR count). The molecule has 0 radical (unpaired) electrons. The number of carbonyl (C=O) groups is 1. The minimum Gasteiger partial charge on any atom is -0.454 e. The van der Waals surface area contributed by atoms with Gasteiger partial charge in [0.1, 0.15) is 5.69 Å². The number of hydrogen-bond acceptors (Lipinski definition) is 6. The monoisotopic (exact) mass is 362 g/mol. The second-order valence-electron chi connectivity index (χ2n) is 6.01. The van der Waals surface area contributed by atoms with Gasteiger partial charge in [0.25, 0.3) is 5.91 Å². The Morgan fingerprint density at radius 3 is 2.67 bits per heavy atom. The molecule has 0 fully saturated rings. The fourth-order valence-corrected chi connectivity index (χ4v) is 2.69. The SMILES string of the molecule is O=C(NCc1ccc2c(c1)OCO2)c1cc(NCc2ccncc2)ccn1. The van der Waals surface area contributed by atoms with E-state index in [9.17, 15) is 4.79 Å². The Hall–Kier alpha value is -3.61. The zero-order chi connectivity index (χ0) is 18.5. The molecule has 0 bridgehead atoms. The van der Waals surface area contributed by atoms with Crippen LogP contribution in [-0.2, 0) is 13.1 Å². The number of rotatable bonds is 6. The number of anilines is 1. The van der Waals surface area contributed by atoms with Crippen molar-refractivity contribution >= 4 is 11.6 Å². The van der Waals surface area contributed by atoms with Crippen molar-refractivity contribution in [2.45, 2.75) is 13.1 Å². The number of carbonyl (C=O) groups excluding carboxylic acids is 1. The van der Waals surface area contributed by atoms with E-state index in [0.717, 1.165) is 22.6 Å². The van der Waals surface area contributed by atoms with Crippen molar-refractivity contribution in [3.8, 4) is 11.5 Å². The molecule has 0 saturated carbocycles. The van der Waals surface area contributed by atoms with Crippen molar-refractivity contribution < 1.29 is 14.3 Å². The summed E-state index contributed by atoms with van der Waals surface area (Å²) in [5, 5.41) is 6.15. The second kappa shape index (κ2) is 7.74. The summed E-state index contributed by atoms with van der Waals surface area (Å²) in [5.74, 6) is 1.18. The molecule has 0 atom stereocenters. The van der Waals surface area contributed by atoms with Crippen molar-refractivity contribution in [1.29, 1.82) is 0 Å². The Bertz CT molecular complexity index is 947. The molecule has 0 saturated heterocycles. The number of amides is 1. The predicted molar refractivity (Wildman–Crippen MR) is 99.5 cm³/mol. The fourth-order valence-electron chi connectivity index (χ4n) is 2.69. The molecular weight excluding hydrogens is 344 g/mol. The zero-order valence-electron chi connectivity index (χ0n) is 14.5. The minimum atomic E-state index is -0.236. The largest absolute Gasteiger partial charge is 0.454 e. The lowest BCUT2D eigenvalue weighted by molar-refractivity contribution is 0.0946. The highest BCUT2D eigenvalue weighted by molar-refractivity contribution is 5.93. The van der Waals surface area contributed by atoms with Crippen molar-refractivity contribution in [3.63, 3.8) is 0 Å². The maximum Gasteiger partial charge on any atom is 0.270 e. The number of nitrogens with one attached hydrogen (secondary N) is 2. The van der Waals surface area contributed by atoms with E-state index in [4.69, 9.17) is 9.47 Å². The average molecular weight is 362 g/mol. The van der Waals surface area contributed by atoms with Gasteiger partial charge in [-0.15, -0.1) is 0 Å². The summed E-state index contributed by atoms with van der Waals surface area (Å²) in [6.45, 7) is 1.25. The van der Waals surface area contributed by atoms with Crippen LogP contribution in [0.5, 0.6) is 11.5 Å². The summed E-state index contributed by atoms with van der Waals surface area (Å²) in [4.78, 5) is 20.6. The molecule has 1 aliphatic heterocycles. The Morgan fingerprint density at radius 2 is 1.78 bits per heavy atom. The summed E-state index contributed by atoms with van der Waals surface area (Å²) in [5.41, 5.74) is 3.22. The van der Waals surface area contributed by atoms with Crippen molar-refractivity contribution in [1.82, 2.24) is 15.3 Å². The van der Waals surface area contributed by atoms with Crippen molar-refractivity contribution in [2.75, 3.05) is 12.1 Å². The fraction of sp³-hybridized carbons (Fsp3) is 0.150. The molecule has 2 N–H and O–H groups in total. The van der Waals surface area contributed by atoms with E-state index in [0.29, 0.717) is 24.5 Å². The topological polar surface area (TPSA) is 85.4 Å². The van der Waals surface area contributed by atoms with Gasteiger partial charge >= 0.3 is 0 Å². The molecule has 0 aliphatic carbocycles. The van der Waals surface area contributed by atoms with Gasteiger partial charge in [-0.2, -0.15) is 0 Å². The van der Waals surface area contributed by atoms with Crippen LogP contribution in [0, 0.1) is 0 Å². The third-order valence-electron chi connectivity index (χ3n) is 4.13. The van der Waals surface area contributed by atoms with Crippen LogP contribution in [0.1, 0.15) is 21.6 Å². The first-order valence-corrected chi connectivity index (χ1v) is 8.53. The Labute approximate surface area is 156 Å². The van der Waals surface area contributed by atoms with E-state index in [-0.39, 0.29) is 12.7 Å². The average Bonchev–Trinajstić information content (AvgIpc) is 3.19. The van der Waals surface area contributed by atoms with Crippen LogP contribution in [0.15, 0.2) is 61.1 Å². The number of aromatic nitrogens is 2. The van der Waals surface area contributed by atoms with Gasteiger partial charge in [-0.3, -0.25) is 14.8 Å². The van der Waals surface area contributed by atoms with E-state index in [1.54, 1.807) is 24.7 Å². The maximum atomic E-state index is 12.4. The van der Waals surface area contributed by atoms with Crippen LogP contribution in [0.25, 0.3) is 0 Å². The van der Waals surface area contributed by atoms with Crippen LogP contribution >= 0.6 is 0 Å². The molecule has 0 unspecified atom stereocenters. The number of benzene rings is 1. The van der Waals surface area contributed by atoms with E-state index < -0.39 is 0 Å². The first kappa shape index (κ1) is 16.8. The van der Waals surface area contributed by atoms with Crippen LogP contribution in [-0.4, -0.2) is 22.7 Å². The molecule has 3 heterocycles. The summed E-state index contributed by atoms with van der Waals surface area (Å²) in [7, 11) is 0. The molecule has 1 aliphatic rings. The van der Waals surface area contributed by atoms with Gasteiger partial charge in [0.15, 0.2) is 11.5 Å². The molecule has 3 aromatic rings. The predicted octanol–water partition coefficient (Wildman–Crippen LogP) is 2.75. The van der Waals surface area contributed by atoms with Crippen molar-refractivity contribution in [3.05, 3.63) is 77.9 Å². The minimum absolute atomic E-state index is 0.231. The van der Waals surface area contributed by atoms with Crippen LogP contribution in [0.4, 0.5) is 5.69 Å². The van der Waals surface area contributed by atoms with Crippen LogP contribution in [0.2, 0.25) is 0 Å². The number of fused-ring (bicyclic) bond motifs is 1. The quantitative estimate of drug-likeness (QED) is 0.701. The van der Waals surface area contributed by atoms with E-state index >= 15 is 0 Å². The summed E-state index contributed by atoms with van der Waals surface area (Å²) < 4.78 is 10.6. The molecule has 7 nitrogen and oxygen atoms in total. The number of nitrogens with zero attached hydrogens (tertiary/aromatic N) is 2. The molecule has 1 amide bonds. The van der Waals surface area contributed by atoms with Crippen molar-refractivity contribution in [2.24, 2.45) is 0 Å². The lowest BCUT2D eigenvalue weighted by Crippen LogP contribution is -2.23. The van der Waals surface area contributed by atoms with Gasteiger partial charge < -0.3 is 20.1 Å². The van der Waals surface area contributed by atoms with Gasteiger partial charge in [0, 0.05) is 37.4 Å². The highest BCUT2D eigenvalue weighted by Gasteiger charge is 2.14. The van der Waals surface area contributed by atoms with Gasteiger partial charge in [-0.05, 0) is 47.5 Å². The second-order valence-corrected chi connectivity index (χ2v) is 6.01. The Balaban J connectivity index is 1.36. The van der Waals surface area contributed by atoms with Gasteiger partial charge in [0.05, 0.1) is 0 Å². The molecule has 27 heavy (non-hydrogen) atoms. The molecule has 2 aromatic heterocycles. The normalized spacial score (nSPS) is 11.9. The molecule has 0 spiro atoms. The Morgan fingerprint density at radius 1 is 0.926 bits per heavy atom. The lowest BCUT2D eigenvalue weighted by atomic mass is 10.2. The molecule has 136 valence electrons. The van der Waals surface area contributed by atoms with E-state index in [1.807, 2.05) is 36.4 Å². The van der Waals surface area contributed by atoms with E-state index in [2.05, 4.69) is 20.6 Å². The third-order valence-corrected chi connectivity index (χ3v) is 4.13. The van der Waals surface area contributed by atoms with Gasteiger partial charge in [0.2, 0.25) is 6.79 Å². The lowest BCUT2D eigenvalue weighted by Gasteiger charge is -2.09. The smallest absolute Gasteiger partial charge is 0.270 e. The van der Waals surface area contributed by atoms with Gasteiger partial charge in [-0.1, -0.05) is 6.07 Å². The molecule has 1 aromatic carbocycles. The highest BCUT2D eigenvalue weighted by Crippen LogP contribution is 2.32. The maximum absolute atomic E-state index is 12.4. The van der Waals surface area contributed by atoms with Gasteiger partial charge in [-0.25, -0.2) is 0 Å². The number of pyridine rings is 2. The van der Waals surface area contributed by atoms with Crippen LogP contribution in [0.3, 0.4) is 0 Å².